The summed E-state index contributed by atoms with van der Waals surface area (Å²) in [5.41, 5.74) is 0. The van der Waals surface area contributed by atoms with E-state index < -0.39 is 0 Å². The summed E-state index contributed by atoms with van der Waals surface area (Å²) in [5.74, 6) is 0.774. The van der Waals surface area contributed by atoms with Crippen molar-refractivity contribution in [2.24, 2.45) is 5.92 Å². The first-order valence-electron chi connectivity index (χ1n) is 5.44. The third-order valence-corrected chi connectivity index (χ3v) is 2.98. The van der Waals surface area contributed by atoms with Gasteiger partial charge < -0.3 is 10.1 Å². The highest BCUT2D eigenvalue weighted by Gasteiger charge is 2.13. The first-order valence-corrected chi connectivity index (χ1v) is 5.44. The Morgan fingerprint density at radius 1 is 1.08 bits per heavy atom. The molecule has 0 bridgehead atoms. The predicted octanol–water partition coefficient (Wildman–Crippen LogP) is 1.72. The van der Waals surface area contributed by atoms with E-state index in [4.69, 9.17) is 4.74 Å². The number of hydrogen-bond donors (Lipinski definition) is 1. The van der Waals surface area contributed by atoms with E-state index in [0.29, 0.717) is 6.04 Å². The van der Waals surface area contributed by atoms with Gasteiger partial charge in [-0.25, -0.2) is 0 Å². The highest BCUT2D eigenvalue weighted by atomic mass is 16.5. The van der Waals surface area contributed by atoms with Crippen LogP contribution in [0.2, 0.25) is 0 Å². The van der Waals surface area contributed by atoms with E-state index in [9.17, 15) is 0 Å². The van der Waals surface area contributed by atoms with Crippen molar-refractivity contribution in [2.45, 2.75) is 31.7 Å². The maximum atomic E-state index is 5.32. The molecule has 0 aromatic carbocycles. The Bertz CT molecular complexity index is 167. The van der Waals surface area contributed by atoms with Crippen molar-refractivity contribution in [1.82, 2.24) is 5.32 Å². The van der Waals surface area contributed by atoms with E-state index in [1.54, 1.807) is 0 Å². The molecular formula is C11H19NO. The van der Waals surface area contributed by atoms with Crippen LogP contribution in [-0.2, 0) is 4.74 Å². The minimum atomic E-state index is 0.655. The average Bonchev–Trinajstić information content (AvgIpc) is 2.69. The molecule has 1 N–H and O–H groups in total. The van der Waals surface area contributed by atoms with Crippen molar-refractivity contribution in [3.63, 3.8) is 0 Å². The Hall–Kier alpha value is -0.340. The first-order chi connectivity index (χ1) is 6.45. The van der Waals surface area contributed by atoms with Crippen LogP contribution in [0.5, 0.6) is 0 Å². The number of rotatable bonds is 2. The number of allylic oxidation sites excluding steroid dienone is 1. The summed E-state index contributed by atoms with van der Waals surface area (Å²) in [7, 11) is 0. The molecule has 2 aliphatic heterocycles. The molecule has 1 unspecified atom stereocenters. The van der Waals surface area contributed by atoms with Gasteiger partial charge in [0.1, 0.15) is 0 Å². The lowest BCUT2D eigenvalue weighted by molar-refractivity contribution is 0.0784. The van der Waals surface area contributed by atoms with Gasteiger partial charge in [-0.15, -0.1) is 0 Å². The highest BCUT2D eigenvalue weighted by molar-refractivity contribution is 4.99. The fourth-order valence-corrected chi connectivity index (χ4v) is 2.08. The summed E-state index contributed by atoms with van der Waals surface area (Å²) in [6.07, 6.45) is 9.84. The van der Waals surface area contributed by atoms with Gasteiger partial charge in [-0.2, -0.15) is 0 Å². The van der Waals surface area contributed by atoms with Crippen LogP contribution >= 0.6 is 0 Å². The maximum Gasteiger partial charge on any atom is 0.0471 e. The summed E-state index contributed by atoms with van der Waals surface area (Å²) >= 11 is 0. The van der Waals surface area contributed by atoms with Crippen molar-refractivity contribution in [2.75, 3.05) is 19.8 Å². The number of hydrogen-bond acceptors (Lipinski definition) is 2. The van der Waals surface area contributed by atoms with Crippen molar-refractivity contribution in [3.8, 4) is 0 Å². The van der Waals surface area contributed by atoms with Gasteiger partial charge in [-0.3, -0.25) is 0 Å². The third-order valence-electron chi connectivity index (χ3n) is 2.98. The van der Waals surface area contributed by atoms with Gasteiger partial charge in [0.25, 0.3) is 0 Å². The molecule has 74 valence electrons. The SMILES string of the molecule is C(=C\C1CCCN1)/C1CCOCC1. The Morgan fingerprint density at radius 3 is 2.62 bits per heavy atom. The highest BCUT2D eigenvalue weighted by Crippen LogP contribution is 2.17. The van der Waals surface area contributed by atoms with E-state index >= 15 is 0 Å². The van der Waals surface area contributed by atoms with E-state index in [1.807, 2.05) is 0 Å². The summed E-state index contributed by atoms with van der Waals surface area (Å²) in [5, 5.41) is 3.48. The molecule has 2 nitrogen and oxygen atoms in total. The van der Waals surface area contributed by atoms with Gasteiger partial charge in [0.15, 0.2) is 0 Å². The second kappa shape index (κ2) is 4.77. The fourth-order valence-electron chi connectivity index (χ4n) is 2.08. The quantitative estimate of drug-likeness (QED) is 0.655. The average molecular weight is 181 g/mol. The Kier molecular flexibility index (Phi) is 3.39. The normalized spacial score (nSPS) is 31.5. The molecule has 0 aliphatic carbocycles. The number of nitrogens with one attached hydrogen (secondary N) is 1. The molecule has 0 amide bonds. The van der Waals surface area contributed by atoms with E-state index in [2.05, 4.69) is 17.5 Å². The molecule has 2 rings (SSSR count). The summed E-state index contributed by atoms with van der Waals surface area (Å²) in [6, 6.07) is 0.655. The minimum absolute atomic E-state index is 0.655. The van der Waals surface area contributed by atoms with Gasteiger partial charge >= 0.3 is 0 Å². The molecule has 0 saturated carbocycles. The molecule has 0 aromatic heterocycles. The topological polar surface area (TPSA) is 21.3 Å². The van der Waals surface area contributed by atoms with Crippen LogP contribution in [0.25, 0.3) is 0 Å². The number of ether oxygens (including phenoxy) is 1. The molecule has 2 heterocycles. The lowest BCUT2D eigenvalue weighted by Gasteiger charge is -2.19. The van der Waals surface area contributed by atoms with E-state index in [1.165, 1.54) is 32.2 Å². The Morgan fingerprint density at radius 2 is 1.92 bits per heavy atom. The summed E-state index contributed by atoms with van der Waals surface area (Å²) in [6.45, 7) is 3.10. The van der Waals surface area contributed by atoms with Crippen LogP contribution in [0.3, 0.4) is 0 Å². The lowest BCUT2D eigenvalue weighted by atomic mass is 9.99. The molecular weight excluding hydrogens is 162 g/mol. The molecule has 13 heavy (non-hydrogen) atoms. The summed E-state index contributed by atoms with van der Waals surface area (Å²) in [4.78, 5) is 0. The molecule has 0 spiro atoms. The van der Waals surface area contributed by atoms with Gasteiger partial charge in [0.2, 0.25) is 0 Å². The Labute approximate surface area is 80.4 Å². The maximum absolute atomic E-state index is 5.32. The molecule has 2 saturated heterocycles. The largest absolute Gasteiger partial charge is 0.381 e. The van der Waals surface area contributed by atoms with Crippen LogP contribution in [-0.4, -0.2) is 25.8 Å². The zero-order valence-electron chi connectivity index (χ0n) is 8.17. The zero-order chi connectivity index (χ0) is 8.93. The van der Waals surface area contributed by atoms with Gasteiger partial charge in [0, 0.05) is 19.3 Å². The van der Waals surface area contributed by atoms with Crippen molar-refractivity contribution in [1.29, 1.82) is 0 Å². The molecule has 1 atom stereocenters. The minimum Gasteiger partial charge on any atom is -0.381 e. The molecule has 0 radical (unpaired) electrons. The molecule has 2 fully saturated rings. The van der Waals surface area contributed by atoms with Gasteiger partial charge in [0.05, 0.1) is 0 Å². The van der Waals surface area contributed by atoms with E-state index in [-0.39, 0.29) is 0 Å². The van der Waals surface area contributed by atoms with Gasteiger partial charge in [-0.1, -0.05) is 12.2 Å². The fraction of sp³-hybridized carbons (Fsp3) is 0.818. The van der Waals surface area contributed by atoms with Crippen LogP contribution in [0.1, 0.15) is 25.7 Å². The molecule has 0 aromatic rings. The second-order valence-corrected chi connectivity index (χ2v) is 4.04. The van der Waals surface area contributed by atoms with Crippen molar-refractivity contribution >= 4 is 0 Å². The standard InChI is InChI=1S/C11H19NO/c1-2-11(12-7-1)4-3-10-5-8-13-9-6-10/h3-4,10-12H,1-2,5-9H2/b4-3+. The van der Waals surface area contributed by atoms with Crippen molar-refractivity contribution in [3.05, 3.63) is 12.2 Å². The van der Waals surface area contributed by atoms with Crippen LogP contribution in [0.15, 0.2) is 12.2 Å². The van der Waals surface area contributed by atoms with Gasteiger partial charge in [-0.05, 0) is 38.1 Å². The zero-order valence-corrected chi connectivity index (χ0v) is 8.17. The van der Waals surface area contributed by atoms with Crippen LogP contribution < -0.4 is 5.32 Å². The lowest BCUT2D eigenvalue weighted by Crippen LogP contribution is -2.19. The van der Waals surface area contributed by atoms with Crippen LogP contribution in [0, 0.1) is 5.92 Å². The van der Waals surface area contributed by atoms with Crippen molar-refractivity contribution < 1.29 is 4.74 Å². The second-order valence-electron chi connectivity index (χ2n) is 4.04. The smallest absolute Gasteiger partial charge is 0.0471 e. The summed E-state index contributed by atoms with van der Waals surface area (Å²) < 4.78 is 5.32. The molecule has 2 heteroatoms. The predicted molar refractivity (Wildman–Crippen MR) is 53.7 cm³/mol. The monoisotopic (exact) mass is 181 g/mol. The van der Waals surface area contributed by atoms with E-state index in [0.717, 1.165) is 19.1 Å². The Balaban J connectivity index is 1.74. The molecule has 2 aliphatic rings. The third kappa shape index (κ3) is 2.82. The first kappa shape index (κ1) is 9.22. The van der Waals surface area contributed by atoms with Crippen LogP contribution in [0.4, 0.5) is 0 Å².